The third-order valence-corrected chi connectivity index (χ3v) is 3.72. The summed E-state index contributed by atoms with van der Waals surface area (Å²) in [6.07, 6.45) is 8.81. The second-order valence-electron chi connectivity index (χ2n) is 3.92. The first-order valence-corrected chi connectivity index (χ1v) is 6.71. The summed E-state index contributed by atoms with van der Waals surface area (Å²) in [4.78, 5) is 27.7. The lowest BCUT2D eigenvalue weighted by molar-refractivity contribution is -0.117. The molecule has 1 unspecified atom stereocenters. The molecule has 0 aromatic heterocycles. The Balaban J connectivity index is 2.03. The maximum atomic E-state index is 11.8. The zero-order valence-electron chi connectivity index (χ0n) is 10.5. The lowest BCUT2D eigenvalue weighted by Gasteiger charge is -2.20. The summed E-state index contributed by atoms with van der Waals surface area (Å²) in [7, 11) is 1.56. The Morgan fingerprint density at radius 3 is 3.21 bits per heavy atom. The van der Waals surface area contributed by atoms with Gasteiger partial charge in [-0.3, -0.25) is 9.59 Å². The fraction of sp³-hybridized carbons (Fsp3) is 0.308. The van der Waals surface area contributed by atoms with Gasteiger partial charge < -0.3 is 10.1 Å². The van der Waals surface area contributed by atoms with E-state index in [0.717, 1.165) is 5.71 Å². The minimum absolute atomic E-state index is 0.0146. The molecule has 1 heterocycles. The van der Waals surface area contributed by atoms with Crippen LogP contribution in [-0.2, 0) is 14.3 Å². The predicted molar refractivity (Wildman–Crippen MR) is 75.1 cm³/mol. The smallest absolute Gasteiger partial charge is 0.283 e. The lowest BCUT2D eigenvalue weighted by atomic mass is 10.1. The van der Waals surface area contributed by atoms with Crippen LogP contribution < -0.4 is 5.32 Å². The van der Waals surface area contributed by atoms with Gasteiger partial charge >= 0.3 is 0 Å². The molecule has 0 fully saturated rings. The van der Waals surface area contributed by atoms with E-state index in [0.29, 0.717) is 18.1 Å². The first-order chi connectivity index (χ1) is 9.20. The summed E-state index contributed by atoms with van der Waals surface area (Å²) in [6.45, 7) is 0.854. The van der Waals surface area contributed by atoms with Crippen LogP contribution in [0.1, 0.15) is 0 Å². The highest BCUT2D eigenvalue weighted by Crippen LogP contribution is 2.31. The van der Waals surface area contributed by atoms with Crippen molar-refractivity contribution in [2.45, 2.75) is 5.25 Å². The minimum Gasteiger partial charge on any atom is -0.383 e. The second kappa shape index (κ2) is 6.49. The quantitative estimate of drug-likeness (QED) is 0.611. The van der Waals surface area contributed by atoms with Crippen molar-refractivity contribution in [1.29, 1.82) is 0 Å². The SMILES string of the molecule is COCCNC(=O)/C=C1\SC2C=CC=CC2=NC1=O. The molecule has 100 valence electrons. The van der Waals surface area contributed by atoms with Gasteiger partial charge in [-0.05, 0) is 6.08 Å². The van der Waals surface area contributed by atoms with Crippen LogP contribution in [0.2, 0.25) is 0 Å². The summed E-state index contributed by atoms with van der Waals surface area (Å²) in [5.74, 6) is -0.667. The third-order valence-electron chi connectivity index (χ3n) is 2.52. The molecule has 2 aliphatic rings. The van der Waals surface area contributed by atoms with E-state index in [9.17, 15) is 9.59 Å². The molecule has 0 radical (unpaired) electrons. The normalized spacial score (nSPS) is 23.2. The molecule has 5 nitrogen and oxygen atoms in total. The molecule has 0 aromatic rings. The van der Waals surface area contributed by atoms with Gasteiger partial charge in [-0.1, -0.05) is 18.2 Å². The summed E-state index contributed by atoms with van der Waals surface area (Å²) in [5, 5.41) is 2.65. The Labute approximate surface area is 115 Å². The van der Waals surface area contributed by atoms with Gasteiger partial charge in [-0.2, -0.15) is 0 Å². The fourth-order valence-electron chi connectivity index (χ4n) is 1.61. The van der Waals surface area contributed by atoms with E-state index < -0.39 is 0 Å². The highest BCUT2D eigenvalue weighted by molar-refractivity contribution is 8.05. The molecule has 0 bridgehead atoms. The number of nitrogens with one attached hydrogen (secondary N) is 1. The van der Waals surface area contributed by atoms with Crippen LogP contribution in [0.5, 0.6) is 0 Å². The van der Waals surface area contributed by atoms with Crippen molar-refractivity contribution in [3.8, 4) is 0 Å². The van der Waals surface area contributed by atoms with Crippen LogP contribution in [0.15, 0.2) is 40.3 Å². The molecule has 1 aliphatic carbocycles. The lowest BCUT2D eigenvalue weighted by Crippen LogP contribution is -2.27. The zero-order valence-corrected chi connectivity index (χ0v) is 11.3. The van der Waals surface area contributed by atoms with E-state index in [2.05, 4.69) is 10.3 Å². The highest BCUT2D eigenvalue weighted by atomic mass is 32.2. The van der Waals surface area contributed by atoms with Crippen molar-refractivity contribution in [3.05, 3.63) is 35.3 Å². The molecule has 0 saturated heterocycles. The van der Waals surface area contributed by atoms with Gasteiger partial charge in [0.15, 0.2) is 0 Å². The number of nitrogens with zero attached hydrogens (tertiary/aromatic N) is 1. The number of thioether (sulfide) groups is 1. The number of carbonyl (C=O) groups is 2. The molecule has 2 amide bonds. The zero-order chi connectivity index (χ0) is 13.7. The maximum Gasteiger partial charge on any atom is 0.283 e. The summed E-state index contributed by atoms with van der Waals surface area (Å²) in [6, 6.07) is 0. The Hall–Kier alpha value is -1.66. The van der Waals surface area contributed by atoms with Gasteiger partial charge in [0.25, 0.3) is 5.91 Å². The van der Waals surface area contributed by atoms with E-state index in [1.165, 1.54) is 17.8 Å². The van der Waals surface area contributed by atoms with Gasteiger partial charge in [-0.25, -0.2) is 4.99 Å². The van der Waals surface area contributed by atoms with Gasteiger partial charge in [0.05, 0.1) is 22.5 Å². The van der Waals surface area contributed by atoms with Gasteiger partial charge in [0.2, 0.25) is 5.91 Å². The van der Waals surface area contributed by atoms with Crippen molar-refractivity contribution in [2.75, 3.05) is 20.3 Å². The Morgan fingerprint density at radius 2 is 2.42 bits per heavy atom. The van der Waals surface area contributed by atoms with Gasteiger partial charge in [0.1, 0.15) is 0 Å². The largest absolute Gasteiger partial charge is 0.383 e. The molecule has 0 aromatic carbocycles. The van der Waals surface area contributed by atoms with Crippen molar-refractivity contribution in [3.63, 3.8) is 0 Å². The standard InChI is InChI=1S/C13H14N2O3S/c1-18-7-6-14-12(16)8-11-13(17)15-9-4-2-3-5-10(9)19-11/h2-5,8,10H,6-7H2,1H3,(H,14,16)/b11-8-. The first-order valence-electron chi connectivity index (χ1n) is 5.83. The molecular weight excluding hydrogens is 264 g/mol. The van der Waals surface area contributed by atoms with E-state index in [1.807, 2.05) is 24.3 Å². The Kier molecular flexibility index (Phi) is 4.70. The number of hydrogen-bond acceptors (Lipinski definition) is 4. The van der Waals surface area contributed by atoms with Crippen molar-refractivity contribution < 1.29 is 14.3 Å². The van der Waals surface area contributed by atoms with E-state index >= 15 is 0 Å². The van der Waals surface area contributed by atoms with E-state index in [4.69, 9.17) is 4.74 Å². The second-order valence-corrected chi connectivity index (χ2v) is 5.10. The molecule has 2 rings (SSSR count). The average molecular weight is 278 g/mol. The van der Waals surface area contributed by atoms with Gasteiger partial charge in [-0.15, -0.1) is 11.8 Å². The Morgan fingerprint density at radius 1 is 1.58 bits per heavy atom. The van der Waals surface area contributed by atoms with Crippen LogP contribution >= 0.6 is 11.8 Å². The predicted octanol–water partition coefficient (Wildman–Crippen LogP) is 0.842. The molecular formula is C13H14N2O3S. The molecule has 1 aliphatic heterocycles. The number of amides is 2. The number of aliphatic imine (C=N–C) groups is 1. The monoisotopic (exact) mass is 278 g/mol. The number of carbonyl (C=O) groups excluding carboxylic acids is 2. The molecule has 19 heavy (non-hydrogen) atoms. The highest BCUT2D eigenvalue weighted by Gasteiger charge is 2.26. The Bertz CT molecular complexity index is 506. The molecule has 6 heteroatoms. The molecule has 0 spiro atoms. The van der Waals surface area contributed by atoms with E-state index in [-0.39, 0.29) is 17.1 Å². The maximum absolute atomic E-state index is 11.8. The average Bonchev–Trinajstić information content (AvgIpc) is 2.40. The molecule has 0 saturated carbocycles. The van der Waals surface area contributed by atoms with Crippen molar-refractivity contribution in [2.24, 2.45) is 4.99 Å². The minimum atomic E-state index is -0.363. The summed E-state index contributed by atoms with van der Waals surface area (Å²) in [5.41, 5.74) is 0.731. The number of hydrogen-bond donors (Lipinski definition) is 1. The summed E-state index contributed by atoms with van der Waals surface area (Å²) >= 11 is 1.34. The van der Waals surface area contributed by atoms with Crippen LogP contribution in [0.3, 0.4) is 0 Å². The topological polar surface area (TPSA) is 67.8 Å². The first kappa shape index (κ1) is 13.8. The fourth-order valence-corrected chi connectivity index (χ4v) is 2.63. The number of methoxy groups -OCH3 is 1. The third kappa shape index (κ3) is 3.65. The summed E-state index contributed by atoms with van der Waals surface area (Å²) < 4.78 is 4.83. The van der Waals surface area contributed by atoms with E-state index in [1.54, 1.807) is 7.11 Å². The number of fused-ring (bicyclic) bond motifs is 1. The number of ether oxygens (including phenoxy) is 1. The van der Waals surface area contributed by atoms with Crippen molar-refractivity contribution >= 4 is 29.3 Å². The van der Waals surface area contributed by atoms with Crippen LogP contribution in [0.25, 0.3) is 0 Å². The number of rotatable bonds is 4. The van der Waals surface area contributed by atoms with Crippen LogP contribution in [0.4, 0.5) is 0 Å². The van der Waals surface area contributed by atoms with Crippen LogP contribution in [-0.4, -0.2) is 43.0 Å². The molecule has 1 N–H and O–H groups in total. The van der Waals surface area contributed by atoms with Crippen molar-refractivity contribution in [1.82, 2.24) is 5.32 Å². The molecule has 1 atom stereocenters. The van der Waals surface area contributed by atoms with Gasteiger partial charge in [0, 0.05) is 19.7 Å². The number of allylic oxidation sites excluding steroid dienone is 3. The van der Waals surface area contributed by atoms with Crippen LogP contribution in [0, 0.1) is 0 Å².